The molecule has 5 fully saturated rings. The standard InChI is InChI=1S/C17H28N2O/c1-19-4-2-3-15(11-19)16(20)18-17-8-12-5-13(9-17)7-14(6-12)10-17/h12-15H,2-11H2,1H3,(H,18,20)/t12?,13?,14?,15-,17?/m1/s1. The predicted octanol–water partition coefficient (Wildman–Crippen LogP) is 2.41. The molecule has 1 heterocycles. The molecule has 0 aromatic carbocycles. The van der Waals surface area contributed by atoms with Crippen LogP contribution < -0.4 is 5.32 Å². The van der Waals surface area contributed by atoms with Gasteiger partial charge in [-0.05, 0) is 82.7 Å². The van der Waals surface area contributed by atoms with Crippen molar-refractivity contribution in [2.45, 2.75) is 56.9 Å². The molecular formula is C17H28N2O. The maximum atomic E-state index is 12.7. The summed E-state index contributed by atoms with van der Waals surface area (Å²) in [5.41, 5.74) is 0.196. The summed E-state index contributed by atoms with van der Waals surface area (Å²) in [5, 5.41) is 3.55. The van der Waals surface area contributed by atoms with Crippen LogP contribution in [-0.2, 0) is 4.79 Å². The molecule has 1 amide bonds. The highest BCUT2D eigenvalue weighted by atomic mass is 16.2. The zero-order valence-electron chi connectivity index (χ0n) is 12.7. The molecule has 3 nitrogen and oxygen atoms in total. The molecule has 4 bridgehead atoms. The van der Waals surface area contributed by atoms with E-state index in [9.17, 15) is 4.79 Å². The van der Waals surface area contributed by atoms with Crippen molar-refractivity contribution < 1.29 is 4.79 Å². The summed E-state index contributed by atoms with van der Waals surface area (Å²) in [6.45, 7) is 2.11. The van der Waals surface area contributed by atoms with E-state index in [0.29, 0.717) is 5.91 Å². The minimum atomic E-state index is 0.196. The normalized spacial score (nSPS) is 47.5. The van der Waals surface area contributed by atoms with Crippen LogP contribution in [0.3, 0.4) is 0 Å². The van der Waals surface area contributed by atoms with Gasteiger partial charge in [0, 0.05) is 12.1 Å². The molecule has 0 unspecified atom stereocenters. The van der Waals surface area contributed by atoms with Gasteiger partial charge in [0.25, 0.3) is 0 Å². The van der Waals surface area contributed by atoms with Crippen molar-refractivity contribution in [3.63, 3.8) is 0 Å². The Balaban J connectivity index is 1.44. The van der Waals surface area contributed by atoms with E-state index >= 15 is 0 Å². The Labute approximate surface area is 122 Å². The van der Waals surface area contributed by atoms with Gasteiger partial charge < -0.3 is 10.2 Å². The Hall–Kier alpha value is -0.570. The first-order valence-corrected chi connectivity index (χ1v) is 8.62. The van der Waals surface area contributed by atoms with Crippen LogP contribution in [0.25, 0.3) is 0 Å². The highest BCUT2D eigenvalue weighted by Gasteiger charge is 2.51. The zero-order valence-corrected chi connectivity index (χ0v) is 12.7. The number of likely N-dealkylation sites (tertiary alicyclic amines) is 1. The van der Waals surface area contributed by atoms with Crippen LogP contribution in [0, 0.1) is 23.7 Å². The first-order chi connectivity index (χ1) is 9.62. The fraction of sp³-hybridized carbons (Fsp3) is 0.941. The van der Waals surface area contributed by atoms with Crippen molar-refractivity contribution in [2.24, 2.45) is 23.7 Å². The Bertz CT molecular complexity index is 371. The van der Waals surface area contributed by atoms with Crippen LogP contribution in [-0.4, -0.2) is 36.5 Å². The SMILES string of the molecule is CN1CCC[C@@H](C(=O)NC23CC4CC(CC(C4)C2)C3)C1. The summed E-state index contributed by atoms with van der Waals surface area (Å²) in [4.78, 5) is 15.0. The molecule has 5 rings (SSSR count). The molecule has 5 aliphatic rings. The lowest BCUT2D eigenvalue weighted by Crippen LogP contribution is -2.61. The molecule has 0 aromatic heterocycles. The topological polar surface area (TPSA) is 32.3 Å². The molecule has 1 N–H and O–H groups in total. The Morgan fingerprint density at radius 1 is 1.10 bits per heavy atom. The summed E-state index contributed by atoms with van der Waals surface area (Å²) in [6, 6.07) is 0. The number of hydrogen-bond acceptors (Lipinski definition) is 2. The summed E-state index contributed by atoms with van der Waals surface area (Å²) >= 11 is 0. The van der Waals surface area contributed by atoms with Crippen molar-refractivity contribution >= 4 is 5.91 Å². The Kier molecular flexibility index (Phi) is 3.10. The van der Waals surface area contributed by atoms with Crippen LogP contribution in [0.4, 0.5) is 0 Å². The van der Waals surface area contributed by atoms with Gasteiger partial charge in [0.1, 0.15) is 0 Å². The lowest BCUT2D eigenvalue weighted by atomic mass is 9.53. The molecule has 1 atom stereocenters. The first kappa shape index (κ1) is 13.1. The number of hydrogen-bond donors (Lipinski definition) is 1. The van der Waals surface area contributed by atoms with Crippen LogP contribution in [0.2, 0.25) is 0 Å². The summed E-state index contributed by atoms with van der Waals surface area (Å²) in [6.07, 6.45) is 10.4. The molecular weight excluding hydrogens is 248 g/mol. The highest BCUT2D eigenvalue weighted by Crippen LogP contribution is 2.55. The summed E-state index contributed by atoms with van der Waals surface area (Å²) < 4.78 is 0. The van der Waals surface area contributed by atoms with E-state index < -0.39 is 0 Å². The van der Waals surface area contributed by atoms with E-state index in [0.717, 1.165) is 37.3 Å². The molecule has 0 radical (unpaired) electrons. The van der Waals surface area contributed by atoms with Gasteiger partial charge in [-0.25, -0.2) is 0 Å². The third-order valence-electron chi connectivity index (χ3n) is 6.42. The molecule has 20 heavy (non-hydrogen) atoms. The fourth-order valence-corrected chi connectivity index (χ4v) is 6.01. The summed E-state index contributed by atoms with van der Waals surface area (Å²) in [7, 11) is 2.14. The second-order valence-electron chi connectivity index (χ2n) is 8.29. The molecule has 0 aromatic rings. The number of carbonyl (C=O) groups excluding carboxylic acids is 1. The van der Waals surface area contributed by atoms with Gasteiger partial charge in [-0.2, -0.15) is 0 Å². The summed E-state index contributed by atoms with van der Waals surface area (Å²) in [5.74, 6) is 3.34. The van der Waals surface area contributed by atoms with Gasteiger partial charge >= 0.3 is 0 Å². The van der Waals surface area contributed by atoms with Crippen molar-refractivity contribution in [3.8, 4) is 0 Å². The van der Waals surface area contributed by atoms with Gasteiger partial charge in [-0.3, -0.25) is 4.79 Å². The lowest BCUT2D eigenvalue weighted by molar-refractivity contribution is -0.132. The zero-order chi connectivity index (χ0) is 13.7. The van der Waals surface area contributed by atoms with Gasteiger partial charge in [0.15, 0.2) is 0 Å². The third kappa shape index (κ3) is 2.28. The lowest BCUT2D eigenvalue weighted by Gasteiger charge is -2.57. The fourth-order valence-electron chi connectivity index (χ4n) is 6.01. The Morgan fingerprint density at radius 2 is 1.70 bits per heavy atom. The van der Waals surface area contributed by atoms with E-state index in [1.165, 1.54) is 44.9 Å². The third-order valence-corrected chi connectivity index (χ3v) is 6.42. The minimum absolute atomic E-state index is 0.196. The van der Waals surface area contributed by atoms with Crippen LogP contribution in [0.5, 0.6) is 0 Å². The van der Waals surface area contributed by atoms with Gasteiger partial charge in [0.05, 0.1) is 5.92 Å². The second-order valence-corrected chi connectivity index (χ2v) is 8.29. The molecule has 1 saturated heterocycles. The number of nitrogens with one attached hydrogen (secondary N) is 1. The second kappa shape index (κ2) is 4.72. The van der Waals surface area contributed by atoms with E-state index in [2.05, 4.69) is 17.3 Å². The highest BCUT2D eigenvalue weighted by molar-refractivity contribution is 5.79. The first-order valence-electron chi connectivity index (χ1n) is 8.62. The van der Waals surface area contributed by atoms with Crippen molar-refractivity contribution in [3.05, 3.63) is 0 Å². The maximum Gasteiger partial charge on any atom is 0.224 e. The molecule has 1 aliphatic heterocycles. The molecule has 4 saturated carbocycles. The van der Waals surface area contributed by atoms with Crippen LogP contribution in [0.15, 0.2) is 0 Å². The number of piperidine rings is 1. The minimum Gasteiger partial charge on any atom is -0.350 e. The Morgan fingerprint density at radius 3 is 2.25 bits per heavy atom. The number of amides is 1. The molecule has 3 heteroatoms. The van der Waals surface area contributed by atoms with Gasteiger partial charge in [0.2, 0.25) is 5.91 Å². The van der Waals surface area contributed by atoms with E-state index in [1.54, 1.807) is 0 Å². The molecule has 4 aliphatic carbocycles. The van der Waals surface area contributed by atoms with E-state index in [-0.39, 0.29) is 11.5 Å². The van der Waals surface area contributed by atoms with Crippen molar-refractivity contribution in [1.82, 2.24) is 10.2 Å². The van der Waals surface area contributed by atoms with Gasteiger partial charge in [-0.15, -0.1) is 0 Å². The number of rotatable bonds is 2. The number of carbonyl (C=O) groups is 1. The largest absolute Gasteiger partial charge is 0.350 e. The maximum absolute atomic E-state index is 12.7. The monoisotopic (exact) mass is 276 g/mol. The van der Waals surface area contributed by atoms with E-state index in [4.69, 9.17) is 0 Å². The van der Waals surface area contributed by atoms with Crippen molar-refractivity contribution in [2.75, 3.05) is 20.1 Å². The predicted molar refractivity (Wildman–Crippen MR) is 79.3 cm³/mol. The smallest absolute Gasteiger partial charge is 0.224 e. The average Bonchev–Trinajstić information content (AvgIpc) is 2.36. The average molecular weight is 276 g/mol. The quantitative estimate of drug-likeness (QED) is 0.840. The van der Waals surface area contributed by atoms with Crippen LogP contribution in [0.1, 0.15) is 51.4 Å². The van der Waals surface area contributed by atoms with Crippen molar-refractivity contribution in [1.29, 1.82) is 0 Å². The number of nitrogens with zero attached hydrogens (tertiary/aromatic N) is 1. The molecule has 112 valence electrons. The molecule has 0 spiro atoms. The van der Waals surface area contributed by atoms with Crippen LogP contribution >= 0.6 is 0 Å². The van der Waals surface area contributed by atoms with E-state index in [1.807, 2.05) is 0 Å². The van der Waals surface area contributed by atoms with Gasteiger partial charge in [-0.1, -0.05) is 0 Å².